The summed E-state index contributed by atoms with van der Waals surface area (Å²) in [6.07, 6.45) is 1.61. The maximum absolute atomic E-state index is 5.94. The van der Waals surface area contributed by atoms with Gasteiger partial charge in [0.1, 0.15) is 11.5 Å². The van der Waals surface area contributed by atoms with E-state index in [-0.39, 0.29) is 0 Å². The Morgan fingerprint density at radius 2 is 2.18 bits per heavy atom. The standard InChI is InChI=1S/C16H22N4O2/c1-4-14-13(15(5-2)22-20-14)10-18-16(17)19-11-7-6-8-12(9-11)21-3/h6-9H,4-5,10H2,1-3H3,(H3,17,18,19). The lowest BCUT2D eigenvalue weighted by atomic mass is 10.1. The zero-order valence-electron chi connectivity index (χ0n) is 13.2. The van der Waals surface area contributed by atoms with Gasteiger partial charge in [0.05, 0.1) is 19.3 Å². The van der Waals surface area contributed by atoms with Crippen LogP contribution in [0.25, 0.3) is 0 Å². The number of aromatic nitrogens is 1. The van der Waals surface area contributed by atoms with Gasteiger partial charge in [-0.3, -0.25) is 0 Å². The van der Waals surface area contributed by atoms with E-state index in [0.717, 1.165) is 41.3 Å². The lowest BCUT2D eigenvalue weighted by molar-refractivity contribution is 0.380. The first-order valence-electron chi connectivity index (χ1n) is 7.35. The summed E-state index contributed by atoms with van der Waals surface area (Å²) < 4.78 is 10.5. The van der Waals surface area contributed by atoms with Gasteiger partial charge in [-0.15, -0.1) is 0 Å². The molecule has 2 rings (SSSR count). The van der Waals surface area contributed by atoms with Crippen LogP contribution in [0.3, 0.4) is 0 Å². The zero-order chi connectivity index (χ0) is 15.9. The fraction of sp³-hybridized carbons (Fsp3) is 0.375. The monoisotopic (exact) mass is 302 g/mol. The predicted molar refractivity (Wildman–Crippen MR) is 87.2 cm³/mol. The molecule has 0 saturated heterocycles. The second-order valence-electron chi connectivity index (χ2n) is 4.80. The topological polar surface area (TPSA) is 85.7 Å². The van der Waals surface area contributed by atoms with Gasteiger partial charge < -0.3 is 20.3 Å². The third-order valence-electron chi connectivity index (χ3n) is 3.36. The van der Waals surface area contributed by atoms with Gasteiger partial charge in [0.15, 0.2) is 5.96 Å². The van der Waals surface area contributed by atoms with Gasteiger partial charge in [-0.1, -0.05) is 25.1 Å². The van der Waals surface area contributed by atoms with E-state index in [9.17, 15) is 0 Å². The molecule has 6 heteroatoms. The molecule has 0 atom stereocenters. The van der Waals surface area contributed by atoms with Crippen molar-refractivity contribution in [3.8, 4) is 5.75 Å². The van der Waals surface area contributed by atoms with Crippen molar-refractivity contribution < 1.29 is 9.26 Å². The fourth-order valence-electron chi connectivity index (χ4n) is 2.17. The van der Waals surface area contributed by atoms with Crippen molar-refractivity contribution in [2.45, 2.75) is 33.2 Å². The molecule has 1 heterocycles. The molecule has 118 valence electrons. The van der Waals surface area contributed by atoms with Crippen molar-refractivity contribution in [2.24, 2.45) is 10.7 Å². The van der Waals surface area contributed by atoms with Crippen LogP contribution in [0.2, 0.25) is 0 Å². The van der Waals surface area contributed by atoms with Gasteiger partial charge in [0, 0.05) is 23.7 Å². The van der Waals surface area contributed by atoms with E-state index in [1.165, 1.54) is 0 Å². The van der Waals surface area contributed by atoms with Gasteiger partial charge in [0.25, 0.3) is 0 Å². The van der Waals surface area contributed by atoms with Gasteiger partial charge in [-0.25, -0.2) is 4.99 Å². The molecule has 0 aliphatic carbocycles. The number of rotatable bonds is 6. The minimum atomic E-state index is 0.346. The summed E-state index contributed by atoms with van der Waals surface area (Å²) in [7, 11) is 1.63. The van der Waals surface area contributed by atoms with Crippen molar-refractivity contribution in [3.63, 3.8) is 0 Å². The van der Waals surface area contributed by atoms with Crippen LogP contribution in [0.5, 0.6) is 5.75 Å². The molecule has 0 aliphatic rings. The normalized spacial score (nSPS) is 11.5. The Kier molecular flexibility index (Phi) is 5.41. The maximum Gasteiger partial charge on any atom is 0.193 e. The van der Waals surface area contributed by atoms with Gasteiger partial charge >= 0.3 is 0 Å². The molecule has 0 amide bonds. The van der Waals surface area contributed by atoms with E-state index >= 15 is 0 Å². The smallest absolute Gasteiger partial charge is 0.193 e. The first kappa shape index (κ1) is 15.9. The molecular formula is C16H22N4O2. The molecule has 0 radical (unpaired) electrons. The molecule has 6 nitrogen and oxygen atoms in total. The number of ether oxygens (including phenoxy) is 1. The van der Waals surface area contributed by atoms with Crippen LogP contribution in [0.1, 0.15) is 30.9 Å². The minimum Gasteiger partial charge on any atom is -0.497 e. The number of benzene rings is 1. The van der Waals surface area contributed by atoms with E-state index < -0.39 is 0 Å². The zero-order valence-corrected chi connectivity index (χ0v) is 13.2. The predicted octanol–water partition coefficient (Wildman–Crippen LogP) is 2.73. The largest absolute Gasteiger partial charge is 0.497 e. The lowest BCUT2D eigenvalue weighted by Gasteiger charge is -2.07. The van der Waals surface area contributed by atoms with Crippen LogP contribution in [0.4, 0.5) is 5.69 Å². The summed E-state index contributed by atoms with van der Waals surface area (Å²) in [5.41, 5.74) is 8.74. The number of aliphatic imine (C=N–C) groups is 1. The van der Waals surface area contributed by atoms with Crippen LogP contribution in [-0.2, 0) is 19.4 Å². The third kappa shape index (κ3) is 3.78. The molecule has 0 unspecified atom stereocenters. The third-order valence-corrected chi connectivity index (χ3v) is 3.36. The lowest BCUT2D eigenvalue weighted by Crippen LogP contribution is -2.22. The second kappa shape index (κ2) is 7.49. The van der Waals surface area contributed by atoms with E-state index in [4.69, 9.17) is 15.0 Å². The summed E-state index contributed by atoms with van der Waals surface area (Å²) in [6, 6.07) is 7.52. The molecule has 1 aromatic heterocycles. The Bertz CT molecular complexity index is 628. The number of hydrogen-bond donors (Lipinski definition) is 2. The summed E-state index contributed by atoms with van der Waals surface area (Å²) in [5.74, 6) is 1.98. The number of aryl methyl sites for hydroxylation is 2. The van der Waals surface area contributed by atoms with Crippen LogP contribution >= 0.6 is 0 Å². The summed E-state index contributed by atoms with van der Waals surface area (Å²) in [6.45, 7) is 4.53. The van der Waals surface area contributed by atoms with Crippen molar-refractivity contribution in [1.29, 1.82) is 0 Å². The Morgan fingerprint density at radius 1 is 1.36 bits per heavy atom. The van der Waals surface area contributed by atoms with Crippen LogP contribution in [0, 0.1) is 0 Å². The average Bonchev–Trinajstić information content (AvgIpc) is 2.95. The van der Waals surface area contributed by atoms with E-state index in [0.29, 0.717) is 12.5 Å². The van der Waals surface area contributed by atoms with Crippen LogP contribution in [0.15, 0.2) is 33.8 Å². The van der Waals surface area contributed by atoms with Crippen LogP contribution in [-0.4, -0.2) is 18.2 Å². The van der Waals surface area contributed by atoms with Gasteiger partial charge in [-0.2, -0.15) is 0 Å². The van der Waals surface area contributed by atoms with Crippen LogP contribution < -0.4 is 15.8 Å². The highest BCUT2D eigenvalue weighted by atomic mass is 16.5. The Balaban J connectivity index is 2.08. The minimum absolute atomic E-state index is 0.346. The van der Waals surface area contributed by atoms with E-state index in [1.54, 1.807) is 7.11 Å². The number of guanidine groups is 1. The SMILES string of the molecule is CCc1noc(CC)c1CN=C(N)Nc1cccc(OC)c1. The molecule has 0 fully saturated rings. The first-order chi connectivity index (χ1) is 10.7. The summed E-state index contributed by atoms with van der Waals surface area (Å²) in [4.78, 5) is 4.38. The Hall–Kier alpha value is -2.50. The molecule has 0 spiro atoms. The van der Waals surface area contributed by atoms with Crippen molar-refractivity contribution in [3.05, 3.63) is 41.3 Å². The second-order valence-corrected chi connectivity index (χ2v) is 4.80. The van der Waals surface area contributed by atoms with Gasteiger partial charge in [-0.05, 0) is 18.6 Å². The van der Waals surface area contributed by atoms with E-state index in [2.05, 4.69) is 15.5 Å². The molecule has 0 bridgehead atoms. The Labute approximate surface area is 130 Å². The number of methoxy groups -OCH3 is 1. The number of nitrogens with two attached hydrogens (primary N) is 1. The molecular weight excluding hydrogens is 280 g/mol. The summed E-state index contributed by atoms with van der Waals surface area (Å²) in [5, 5.41) is 7.12. The van der Waals surface area contributed by atoms with E-state index in [1.807, 2.05) is 38.1 Å². The Morgan fingerprint density at radius 3 is 2.86 bits per heavy atom. The van der Waals surface area contributed by atoms with Gasteiger partial charge in [0.2, 0.25) is 0 Å². The highest BCUT2D eigenvalue weighted by Gasteiger charge is 2.12. The van der Waals surface area contributed by atoms with Crippen molar-refractivity contribution in [2.75, 3.05) is 12.4 Å². The van der Waals surface area contributed by atoms with Crippen molar-refractivity contribution in [1.82, 2.24) is 5.16 Å². The molecule has 2 aromatic rings. The highest BCUT2D eigenvalue weighted by molar-refractivity contribution is 5.92. The average molecular weight is 302 g/mol. The van der Waals surface area contributed by atoms with Crippen molar-refractivity contribution >= 4 is 11.6 Å². The first-order valence-corrected chi connectivity index (χ1v) is 7.35. The quantitative estimate of drug-likeness (QED) is 0.633. The number of nitrogens with zero attached hydrogens (tertiary/aromatic N) is 2. The number of anilines is 1. The number of hydrogen-bond acceptors (Lipinski definition) is 4. The fourth-order valence-corrected chi connectivity index (χ4v) is 2.17. The highest BCUT2D eigenvalue weighted by Crippen LogP contribution is 2.18. The molecule has 1 aromatic carbocycles. The molecule has 0 aliphatic heterocycles. The molecule has 22 heavy (non-hydrogen) atoms. The summed E-state index contributed by atoms with van der Waals surface area (Å²) >= 11 is 0. The molecule has 3 N–H and O–H groups in total. The number of nitrogens with one attached hydrogen (secondary N) is 1. The maximum atomic E-state index is 5.94. The molecule has 0 saturated carbocycles.